The Morgan fingerprint density at radius 2 is 1.75 bits per heavy atom. The molecule has 0 bridgehead atoms. The van der Waals surface area contributed by atoms with Crippen molar-refractivity contribution in [2.75, 3.05) is 18.0 Å². The molecule has 0 aromatic heterocycles. The minimum absolute atomic E-state index is 0.0791. The molecule has 1 saturated heterocycles. The zero-order chi connectivity index (χ0) is 19.7. The third-order valence-corrected chi connectivity index (χ3v) is 6.96. The third kappa shape index (κ3) is 3.95. The zero-order valence-electron chi connectivity index (χ0n) is 15.5. The van der Waals surface area contributed by atoms with Crippen molar-refractivity contribution < 1.29 is 17.6 Å². The van der Waals surface area contributed by atoms with Gasteiger partial charge in [-0.25, -0.2) is 17.5 Å². The first kappa shape index (κ1) is 19.1. The van der Waals surface area contributed by atoms with Crippen molar-refractivity contribution in [1.29, 1.82) is 0 Å². The summed E-state index contributed by atoms with van der Waals surface area (Å²) < 4.78 is 41.1. The minimum atomic E-state index is -3.62. The van der Waals surface area contributed by atoms with Gasteiger partial charge in [0.1, 0.15) is 5.82 Å². The number of carbonyl (C=O) groups excluding carboxylic acids is 1. The van der Waals surface area contributed by atoms with Crippen LogP contribution in [0.25, 0.3) is 0 Å². The molecular weight excluding hydrogens is 379 g/mol. The van der Waals surface area contributed by atoms with E-state index in [1.165, 1.54) is 17.7 Å². The number of halogens is 1. The largest absolute Gasteiger partial charge is 0.312 e. The van der Waals surface area contributed by atoms with E-state index in [4.69, 9.17) is 0 Å². The Balaban J connectivity index is 1.41. The number of benzene rings is 2. The van der Waals surface area contributed by atoms with Crippen LogP contribution in [0.3, 0.4) is 0 Å². The van der Waals surface area contributed by atoms with Crippen LogP contribution < -0.4 is 9.62 Å². The molecule has 1 aliphatic heterocycles. The Bertz CT molecular complexity index is 989. The number of aryl methyl sites for hydroxylation is 2. The van der Waals surface area contributed by atoms with Crippen LogP contribution in [0.1, 0.15) is 30.4 Å². The van der Waals surface area contributed by atoms with Gasteiger partial charge in [-0.05, 0) is 79.1 Å². The van der Waals surface area contributed by atoms with E-state index in [-0.39, 0.29) is 35.5 Å². The second-order valence-electron chi connectivity index (χ2n) is 7.54. The summed E-state index contributed by atoms with van der Waals surface area (Å²) in [6.07, 6.45) is 4.43. The predicted molar refractivity (Wildman–Crippen MR) is 105 cm³/mol. The van der Waals surface area contributed by atoms with E-state index >= 15 is 0 Å². The third-order valence-electron chi connectivity index (χ3n) is 5.54. The van der Waals surface area contributed by atoms with Gasteiger partial charge in [-0.2, -0.15) is 0 Å². The van der Waals surface area contributed by atoms with Gasteiger partial charge in [0.05, 0.1) is 4.90 Å². The molecule has 1 aliphatic carbocycles. The maximum absolute atomic E-state index is 13.1. The van der Waals surface area contributed by atoms with Gasteiger partial charge in [0, 0.05) is 25.2 Å². The number of hydrogen-bond acceptors (Lipinski definition) is 3. The molecule has 5 nitrogen and oxygen atoms in total. The van der Waals surface area contributed by atoms with Crippen molar-refractivity contribution in [2.24, 2.45) is 5.92 Å². The summed E-state index contributed by atoms with van der Waals surface area (Å²) in [4.78, 5) is 14.1. The first-order valence-corrected chi connectivity index (χ1v) is 11.1. The number of fused-ring (bicyclic) bond motifs is 1. The van der Waals surface area contributed by atoms with Crippen LogP contribution >= 0.6 is 0 Å². The van der Waals surface area contributed by atoms with E-state index in [2.05, 4.69) is 4.72 Å². The molecule has 2 aromatic carbocycles. The summed E-state index contributed by atoms with van der Waals surface area (Å²) in [6, 6.07) is 11.1. The molecule has 0 radical (unpaired) electrons. The Kier molecular flexibility index (Phi) is 5.21. The highest BCUT2D eigenvalue weighted by Crippen LogP contribution is 2.26. The van der Waals surface area contributed by atoms with Gasteiger partial charge in [0.2, 0.25) is 15.9 Å². The molecule has 0 saturated carbocycles. The van der Waals surface area contributed by atoms with Gasteiger partial charge in [-0.3, -0.25) is 4.79 Å². The molecule has 2 aliphatic rings. The molecule has 2 aromatic rings. The molecule has 1 heterocycles. The minimum Gasteiger partial charge on any atom is -0.312 e. The highest BCUT2D eigenvalue weighted by molar-refractivity contribution is 7.89. The van der Waals surface area contributed by atoms with Gasteiger partial charge in [-0.1, -0.05) is 6.07 Å². The molecule has 4 rings (SSSR count). The standard InChI is InChI=1S/C21H23FN2O3S/c22-18-6-8-19(9-7-18)24-14-15(11-21(24)25)13-23-28(26,27)20-10-5-16-3-1-2-4-17(16)12-20/h5-10,12,15,23H,1-4,11,13-14H2. The van der Waals surface area contributed by atoms with Crippen LogP contribution in [-0.2, 0) is 27.7 Å². The van der Waals surface area contributed by atoms with E-state index in [1.54, 1.807) is 29.2 Å². The molecule has 148 valence electrons. The number of amides is 1. The molecule has 28 heavy (non-hydrogen) atoms. The van der Waals surface area contributed by atoms with Crippen molar-refractivity contribution >= 4 is 21.6 Å². The zero-order valence-corrected chi connectivity index (χ0v) is 16.3. The smallest absolute Gasteiger partial charge is 0.240 e. The quantitative estimate of drug-likeness (QED) is 0.836. The lowest BCUT2D eigenvalue weighted by atomic mass is 9.92. The number of anilines is 1. The number of hydrogen-bond donors (Lipinski definition) is 1. The number of nitrogens with one attached hydrogen (secondary N) is 1. The van der Waals surface area contributed by atoms with Gasteiger partial charge >= 0.3 is 0 Å². The fourth-order valence-corrected chi connectivity index (χ4v) is 5.14. The fraction of sp³-hybridized carbons (Fsp3) is 0.381. The molecule has 1 fully saturated rings. The number of sulfonamides is 1. The Morgan fingerprint density at radius 1 is 1.04 bits per heavy atom. The van der Waals surface area contributed by atoms with Crippen molar-refractivity contribution in [3.8, 4) is 0 Å². The lowest BCUT2D eigenvalue weighted by molar-refractivity contribution is -0.117. The Hall–Kier alpha value is -2.25. The number of nitrogens with zero attached hydrogens (tertiary/aromatic N) is 1. The summed E-state index contributed by atoms with van der Waals surface area (Å²) in [6.45, 7) is 0.611. The normalized spacial score (nSPS) is 19.7. The van der Waals surface area contributed by atoms with Crippen molar-refractivity contribution in [1.82, 2.24) is 4.72 Å². The van der Waals surface area contributed by atoms with Crippen LogP contribution in [-0.4, -0.2) is 27.4 Å². The summed E-state index contributed by atoms with van der Waals surface area (Å²) in [5, 5.41) is 0. The monoisotopic (exact) mass is 402 g/mol. The molecule has 1 atom stereocenters. The SMILES string of the molecule is O=C1CC(CNS(=O)(=O)c2ccc3c(c2)CCCC3)CN1c1ccc(F)cc1. The highest BCUT2D eigenvalue weighted by atomic mass is 32.2. The molecule has 0 spiro atoms. The van der Waals surface area contributed by atoms with E-state index < -0.39 is 10.0 Å². The highest BCUT2D eigenvalue weighted by Gasteiger charge is 2.31. The van der Waals surface area contributed by atoms with Crippen molar-refractivity contribution in [2.45, 2.75) is 37.0 Å². The topological polar surface area (TPSA) is 66.5 Å². The van der Waals surface area contributed by atoms with E-state index in [9.17, 15) is 17.6 Å². The Labute approximate surface area is 164 Å². The van der Waals surface area contributed by atoms with Crippen LogP contribution in [0.15, 0.2) is 47.4 Å². The van der Waals surface area contributed by atoms with Crippen molar-refractivity contribution in [3.05, 3.63) is 59.4 Å². The van der Waals surface area contributed by atoms with Crippen LogP contribution in [0.4, 0.5) is 10.1 Å². The van der Waals surface area contributed by atoms with Gasteiger partial charge in [0.15, 0.2) is 0 Å². The van der Waals surface area contributed by atoms with Gasteiger partial charge in [-0.15, -0.1) is 0 Å². The van der Waals surface area contributed by atoms with Crippen LogP contribution in [0, 0.1) is 11.7 Å². The Morgan fingerprint density at radius 3 is 2.50 bits per heavy atom. The fourth-order valence-electron chi connectivity index (χ4n) is 3.98. The summed E-state index contributed by atoms with van der Waals surface area (Å²) in [5.41, 5.74) is 2.99. The second kappa shape index (κ2) is 7.64. The van der Waals surface area contributed by atoms with E-state index in [0.29, 0.717) is 12.2 Å². The average molecular weight is 402 g/mol. The lowest BCUT2D eigenvalue weighted by Gasteiger charge is -2.18. The summed E-state index contributed by atoms with van der Waals surface area (Å²) in [5.74, 6) is -0.556. The average Bonchev–Trinajstić information content (AvgIpc) is 3.07. The van der Waals surface area contributed by atoms with Crippen LogP contribution in [0.5, 0.6) is 0 Å². The molecular formula is C21H23FN2O3S. The van der Waals surface area contributed by atoms with E-state index in [0.717, 1.165) is 31.2 Å². The summed E-state index contributed by atoms with van der Waals surface area (Å²) >= 11 is 0. The first-order chi connectivity index (χ1) is 13.4. The van der Waals surface area contributed by atoms with Gasteiger partial charge in [0.25, 0.3) is 0 Å². The molecule has 7 heteroatoms. The second-order valence-corrected chi connectivity index (χ2v) is 9.31. The first-order valence-electron chi connectivity index (χ1n) is 9.60. The predicted octanol–water partition coefficient (Wildman–Crippen LogP) is 3.04. The molecule has 1 N–H and O–H groups in total. The number of rotatable bonds is 5. The number of carbonyl (C=O) groups is 1. The van der Waals surface area contributed by atoms with Gasteiger partial charge < -0.3 is 4.90 Å². The molecule has 1 unspecified atom stereocenters. The maximum atomic E-state index is 13.1. The lowest BCUT2D eigenvalue weighted by Crippen LogP contribution is -2.31. The van der Waals surface area contributed by atoms with E-state index in [1.807, 2.05) is 6.07 Å². The van der Waals surface area contributed by atoms with Crippen LogP contribution in [0.2, 0.25) is 0 Å². The molecule has 1 amide bonds. The maximum Gasteiger partial charge on any atom is 0.240 e. The van der Waals surface area contributed by atoms with Crippen molar-refractivity contribution in [3.63, 3.8) is 0 Å². The summed E-state index contributed by atoms with van der Waals surface area (Å²) in [7, 11) is -3.62.